The smallest absolute Gasteiger partial charge is 0.247 e. The monoisotopic (exact) mass is 355 g/mol. The highest BCUT2D eigenvalue weighted by atomic mass is 32.2. The Morgan fingerprint density at radius 1 is 1.20 bits per heavy atom. The first-order valence-electron chi connectivity index (χ1n) is 7.79. The van der Waals surface area contributed by atoms with Gasteiger partial charge in [0, 0.05) is 6.42 Å². The van der Waals surface area contributed by atoms with Gasteiger partial charge in [-0.3, -0.25) is 9.59 Å². The van der Waals surface area contributed by atoms with Crippen molar-refractivity contribution in [3.63, 3.8) is 0 Å². The second kappa shape index (κ2) is 6.33. The fourth-order valence-electron chi connectivity index (χ4n) is 2.87. The highest BCUT2D eigenvalue weighted by Gasteiger charge is 2.39. The van der Waals surface area contributed by atoms with Gasteiger partial charge in [0.05, 0.1) is 27.7 Å². The molecule has 4 rings (SSSR count). The van der Waals surface area contributed by atoms with Gasteiger partial charge >= 0.3 is 0 Å². The Hall–Kier alpha value is -2.67. The molecule has 2 amide bonds. The second-order valence-electron chi connectivity index (χ2n) is 5.75. The molecule has 1 saturated heterocycles. The maximum absolute atomic E-state index is 13.4. The summed E-state index contributed by atoms with van der Waals surface area (Å²) in [7, 11) is 0. The number of anilines is 1. The van der Waals surface area contributed by atoms with Gasteiger partial charge in [-0.2, -0.15) is 0 Å². The SMILES string of the molecule is O=C1C[C@H](SCc2nc3ccccc3[nH]2)C(=O)N1c1cccc(F)c1. The molecule has 1 fully saturated rings. The molecule has 3 aromatic rings. The zero-order valence-corrected chi connectivity index (χ0v) is 13.9. The molecule has 1 aliphatic rings. The topological polar surface area (TPSA) is 66.1 Å². The van der Waals surface area contributed by atoms with Crippen molar-refractivity contribution in [3.05, 3.63) is 60.2 Å². The molecule has 1 N–H and O–H groups in total. The number of imide groups is 1. The number of hydrogen-bond acceptors (Lipinski definition) is 4. The summed E-state index contributed by atoms with van der Waals surface area (Å²) in [5, 5.41) is -0.482. The summed E-state index contributed by atoms with van der Waals surface area (Å²) < 4.78 is 13.4. The van der Waals surface area contributed by atoms with Crippen LogP contribution in [0.25, 0.3) is 11.0 Å². The number of H-pyrrole nitrogens is 1. The molecule has 25 heavy (non-hydrogen) atoms. The Morgan fingerprint density at radius 2 is 2.04 bits per heavy atom. The zero-order chi connectivity index (χ0) is 17.4. The van der Waals surface area contributed by atoms with Gasteiger partial charge in [-0.05, 0) is 30.3 Å². The highest BCUT2D eigenvalue weighted by Crippen LogP contribution is 2.31. The van der Waals surface area contributed by atoms with Crippen LogP contribution in [-0.4, -0.2) is 27.0 Å². The van der Waals surface area contributed by atoms with E-state index in [2.05, 4.69) is 9.97 Å². The number of benzene rings is 2. The number of halogens is 1. The Bertz CT molecular complexity index is 939. The Balaban J connectivity index is 1.48. The lowest BCUT2D eigenvalue weighted by Gasteiger charge is -2.14. The van der Waals surface area contributed by atoms with Gasteiger partial charge in [-0.1, -0.05) is 18.2 Å². The lowest BCUT2D eigenvalue weighted by molar-refractivity contribution is -0.121. The molecule has 0 spiro atoms. The average molecular weight is 355 g/mol. The first-order chi connectivity index (χ1) is 12.1. The van der Waals surface area contributed by atoms with Crippen LogP contribution >= 0.6 is 11.8 Å². The van der Waals surface area contributed by atoms with Crippen LogP contribution < -0.4 is 4.90 Å². The molecular weight excluding hydrogens is 341 g/mol. The van der Waals surface area contributed by atoms with E-state index in [-0.39, 0.29) is 23.9 Å². The van der Waals surface area contributed by atoms with E-state index in [9.17, 15) is 14.0 Å². The molecule has 0 radical (unpaired) electrons. The van der Waals surface area contributed by atoms with E-state index in [4.69, 9.17) is 0 Å². The first kappa shape index (κ1) is 15.8. The van der Waals surface area contributed by atoms with E-state index >= 15 is 0 Å². The molecule has 2 heterocycles. The lowest BCUT2D eigenvalue weighted by atomic mass is 10.3. The minimum absolute atomic E-state index is 0.111. The number of aromatic amines is 1. The summed E-state index contributed by atoms with van der Waals surface area (Å²) in [5.41, 5.74) is 2.09. The predicted octanol–water partition coefficient (Wildman–Crippen LogP) is 3.27. The van der Waals surface area contributed by atoms with Crippen molar-refractivity contribution in [1.29, 1.82) is 0 Å². The van der Waals surface area contributed by atoms with Gasteiger partial charge in [0.2, 0.25) is 11.8 Å². The number of aromatic nitrogens is 2. The van der Waals surface area contributed by atoms with Crippen molar-refractivity contribution < 1.29 is 14.0 Å². The quantitative estimate of drug-likeness (QED) is 0.730. The summed E-state index contributed by atoms with van der Waals surface area (Å²) in [6, 6.07) is 13.2. The van der Waals surface area contributed by atoms with E-state index in [0.717, 1.165) is 21.8 Å². The third-order valence-corrected chi connectivity index (χ3v) is 5.24. The van der Waals surface area contributed by atoms with Crippen LogP contribution in [0.4, 0.5) is 10.1 Å². The van der Waals surface area contributed by atoms with Crippen LogP contribution in [0.3, 0.4) is 0 Å². The van der Waals surface area contributed by atoms with Gasteiger partial charge in [0.1, 0.15) is 11.6 Å². The van der Waals surface area contributed by atoms with Crippen LogP contribution in [-0.2, 0) is 15.3 Å². The van der Waals surface area contributed by atoms with Crippen molar-refractivity contribution in [2.75, 3.05) is 4.90 Å². The van der Waals surface area contributed by atoms with Gasteiger partial charge < -0.3 is 4.98 Å². The maximum atomic E-state index is 13.4. The number of para-hydroxylation sites is 2. The Kier molecular flexibility index (Phi) is 4.01. The van der Waals surface area contributed by atoms with Crippen molar-refractivity contribution in [2.24, 2.45) is 0 Å². The first-order valence-corrected chi connectivity index (χ1v) is 8.84. The number of amides is 2. The van der Waals surface area contributed by atoms with Crippen LogP contribution in [0.1, 0.15) is 12.2 Å². The Labute approximate surface area is 147 Å². The van der Waals surface area contributed by atoms with Crippen LogP contribution in [0.15, 0.2) is 48.5 Å². The fraction of sp³-hybridized carbons (Fsp3) is 0.167. The number of nitrogens with one attached hydrogen (secondary N) is 1. The summed E-state index contributed by atoms with van der Waals surface area (Å²) in [4.78, 5) is 33.5. The van der Waals surface area contributed by atoms with Gasteiger partial charge in [0.25, 0.3) is 0 Å². The molecular formula is C18H14FN3O2S. The highest BCUT2D eigenvalue weighted by molar-refractivity contribution is 7.99. The third kappa shape index (κ3) is 3.02. The Morgan fingerprint density at radius 3 is 2.84 bits per heavy atom. The van der Waals surface area contributed by atoms with Crippen molar-refractivity contribution in [3.8, 4) is 0 Å². The van der Waals surface area contributed by atoms with Gasteiger partial charge in [-0.25, -0.2) is 14.3 Å². The zero-order valence-electron chi connectivity index (χ0n) is 13.1. The van der Waals surface area contributed by atoms with E-state index in [1.807, 2.05) is 24.3 Å². The predicted molar refractivity (Wildman–Crippen MR) is 94.7 cm³/mol. The average Bonchev–Trinajstić information content (AvgIpc) is 3.13. The van der Waals surface area contributed by atoms with E-state index < -0.39 is 11.1 Å². The molecule has 0 bridgehead atoms. The standard InChI is InChI=1S/C18H14FN3O2S/c19-11-4-3-5-12(8-11)22-17(23)9-15(18(22)24)25-10-16-20-13-6-1-2-7-14(13)21-16/h1-8,15H,9-10H2,(H,20,21)/t15-/m0/s1. The van der Waals surface area contributed by atoms with Crippen molar-refractivity contribution >= 4 is 40.3 Å². The number of imidazole rings is 1. The number of carbonyl (C=O) groups excluding carboxylic acids is 2. The second-order valence-corrected chi connectivity index (χ2v) is 6.94. The normalized spacial score (nSPS) is 17.6. The minimum Gasteiger partial charge on any atom is -0.341 e. The summed E-state index contributed by atoms with van der Waals surface area (Å²) >= 11 is 1.37. The molecule has 1 aliphatic heterocycles. The van der Waals surface area contributed by atoms with Crippen molar-refractivity contribution in [1.82, 2.24) is 9.97 Å². The molecule has 0 saturated carbocycles. The largest absolute Gasteiger partial charge is 0.341 e. The number of nitrogens with zero attached hydrogens (tertiary/aromatic N) is 2. The lowest BCUT2D eigenvalue weighted by Crippen LogP contribution is -2.31. The van der Waals surface area contributed by atoms with Crippen LogP contribution in [0.2, 0.25) is 0 Å². The molecule has 1 atom stereocenters. The molecule has 126 valence electrons. The molecule has 0 unspecified atom stereocenters. The number of carbonyl (C=O) groups is 2. The molecule has 2 aromatic carbocycles. The molecule has 5 nitrogen and oxygen atoms in total. The number of thioether (sulfide) groups is 1. The third-order valence-electron chi connectivity index (χ3n) is 4.03. The van der Waals surface area contributed by atoms with E-state index in [1.165, 1.54) is 30.0 Å². The molecule has 7 heteroatoms. The summed E-state index contributed by atoms with van der Waals surface area (Å²) in [6.45, 7) is 0. The number of rotatable bonds is 4. The van der Waals surface area contributed by atoms with Gasteiger partial charge in [-0.15, -0.1) is 11.8 Å². The van der Waals surface area contributed by atoms with E-state index in [0.29, 0.717) is 5.75 Å². The van der Waals surface area contributed by atoms with Crippen LogP contribution in [0, 0.1) is 5.82 Å². The summed E-state index contributed by atoms with van der Waals surface area (Å²) in [6.07, 6.45) is 0.111. The molecule has 1 aromatic heterocycles. The minimum atomic E-state index is -0.482. The van der Waals surface area contributed by atoms with Crippen molar-refractivity contribution in [2.45, 2.75) is 17.4 Å². The molecule has 0 aliphatic carbocycles. The van der Waals surface area contributed by atoms with Gasteiger partial charge in [0.15, 0.2) is 0 Å². The fourth-order valence-corrected chi connectivity index (χ4v) is 3.88. The maximum Gasteiger partial charge on any atom is 0.247 e. The number of hydrogen-bond donors (Lipinski definition) is 1. The summed E-state index contributed by atoms with van der Waals surface area (Å²) in [5.74, 6) is 0.163. The van der Waals surface area contributed by atoms with Crippen LogP contribution in [0.5, 0.6) is 0 Å². The number of fused-ring (bicyclic) bond motifs is 1. The van der Waals surface area contributed by atoms with E-state index in [1.54, 1.807) is 6.07 Å².